The first-order valence-corrected chi connectivity index (χ1v) is 10.7. The van der Waals surface area contributed by atoms with Crippen molar-refractivity contribution in [3.05, 3.63) is 94.1 Å². The first kappa shape index (κ1) is 21.7. The Morgan fingerprint density at radius 1 is 0.938 bits per heavy atom. The number of amides is 2. The third-order valence-electron chi connectivity index (χ3n) is 5.25. The van der Waals surface area contributed by atoms with E-state index >= 15 is 0 Å². The van der Waals surface area contributed by atoms with Crippen LogP contribution < -0.4 is 15.0 Å². The van der Waals surface area contributed by atoms with Crippen LogP contribution >= 0.6 is 11.6 Å². The van der Waals surface area contributed by atoms with Crippen LogP contribution in [0.5, 0.6) is 5.75 Å². The van der Waals surface area contributed by atoms with Gasteiger partial charge in [-0.2, -0.15) is 0 Å². The molecule has 0 spiro atoms. The van der Waals surface area contributed by atoms with Gasteiger partial charge in [-0.05, 0) is 56.2 Å². The van der Waals surface area contributed by atoms with Gasteiger partial charge in [-0.3, -0.25) is 9.59 Å². The first-order chi connectivity index (χ1) is 15.4. The molecule has 0 saturated heterocycles. The number of anilines is 2. The zero-order valence-electron chi connectivity index (χ0n) is 18.1. The van der Waals surface area contributed by atoms with Crippen molar-refractivity contribution < 1.29 is 14.3 Å². The minimum absolute atomic E-state index is 0.212. The number of aryl methyl sites for hydroxylation is 2. The number of nitrogens with zero attached hydrogens (tertiary/aromatic N) is 1. The molecular formula is C26H23ClN2O3. The number of benzene rings is 3. The van der Waals surface area contributed by atoms with Gasteiger partial charge < -0.3 is 10.1 Å². The largest absolute Gasteiger partial charge is 0.494 e. The second-order valence-corrected chi connectivity index (χ2v) is 7.99. The number of halogens is 1. The van der Waals surface area contributed by atoms with Crippen molar-refractivity contribution >= 4 is 40.4 Å². The van der Waals surface area contributed by atoms with Crippen LogP contribution in [0.2, 0.25) is 5.02 Å². The summed E-state index contributed by atoms with van der Waals surface area (Å²) in [4.78, 5) is 28.2. The van der Waals surface area contributed by atoms with E-state index in [9.17, 15) is 9.59 Å². The molecule has 6 heteroatoms. The fourth-order valence-electron chi connectivity index (χ4n) is 3.56. The highest BCUT2D eigenvalue weighted by Crippen LogP contribution is 2.35. The topological polar surface area (TPSA) is 58.6 Å². The zero-order chi connectivity index (χ0) is 22.8. The van der Waals surface area contributed by atoms with Crippen molar-refractivity contribution in [1.82, 2.24) is 0 Å². The van der Waals surface area contributed by atoms with Gasteiger partial charge in [0.1, 0.15) is 11.4 Å². The average Bonchev–Trinajstić information content (AvgIpc) is 3.01. The Hall–Kier alpha value is -3.57. The van der Waals surface area contributed by atoms with Crippen molar-refractivity contribution in [2.75, 3.05) is 16.8 Å². The van der Waals surface area contributed by atoms with Crippen LogP contribution in [-0.2, 0) is 9.59 Å². The van der Waals surface area contributed by atoms with E-state index in [0.29, 0.717) is 39.9 Å². The van der Waals surface area contributed by atoms with E-state index in [-0.39, 0.29) is 5.70 Å². The summed E-state index contributed by atoms with van der Waals surface area (Å²) in [7, 11) is 0. The van der Waals surface area contributed by atoms with E-state index in [2.05, 4.69) is 5.32 Å². The lowest BCUT2D eigenvalue weighted by atomic mass is 10.0. The Morgan fingerprint density at radius 3 is 2.38 bits per heavy atom. The molecule has 162 valence electrons. The summed E-state index contributed by atoms with van der Waals surface area (Å²) >= 11 is 6.28. The van der Waals surface area contributed by atoms with Crippen molar-refractivity contribution in [1.29, 1.82) is 0 Å². The van der Waals surface area contributed by atoms with Crippen LogP contribution in [-0.4, -0.2) is 18.4 Å². The number of hydrogen-bond donors (Lipinski definition) is 1. The highest BCUT2D eigenvalue weighted by molar-refractivity contribution is 6.46. The molecule has 3 aromatic carbocycles. The van der Waals surface area contributed by atoms with Gasteiger partial charge in [0, 0.05) is 16.8 Å². The van der Waals surface area contributed by atoms with Crippen LogP contribution in [0.1, 0.15) is 23.6 Å². The summed E-state index contributed by atoms with van der Waals surface area (Å²) < 4.78 is 5.57. The van der Waals surface area contributed by atoms with E-state index in [1.165, 1.54) is 0 Å². The fourth-order valence-corrected chi connectivity index (χ4v) is 3.74. The van der Waals surface area contributed by atoms with Crippen molar-refractivity contribution in [2.45, 2.75) is 20.8 Å². The van der Waals surface area contributed by atoms with Gasteiger partial charge in [-0.25, -0.2) is 4.90 Å². The van der Waals surface area contributed by atoms with Crippen molar-refractivity contribution in [3.63, 3.8) is 0 Å². The van der Waals surface area contributed by atoms with E-state index in [1.807, 2.05) is 63.2 Å². The van der Waals surface area contributed by atoms with E-state index in [0.717, 1.165) is 16.0 Å². The van der Waals surface area contributed by atoms with Gasteiger partial charge in [0.15, 0.2) is 0 Å². The molecule has 2 amide bonds. The molecule has 1 aliphatic rings. The van der Waals surface area contributed by atoms with Crippen LogP contribution in [0.25, 0.3) is 5.57 Å². The van der Waals surface area contributed by atoms with Gasteiger partial charge in [0.25, 0.3) is 11.8 Å². The maximum absolute atomic E-state index is 13.5. The molecule has 0 fully saturated rings. The van der Waals surface area contributed by atoms with Crippen molar-refractivity contribution in [3.8, 4) is 5.75 Å². The summed E-state index contributed by atoms with van der Waals surface area (Å²) in [6.45, 7) is 6.27. The van der Waals surface area contributed by atoms with Gasteiger partial charge in [-0.15, -0.1) is 0 Å². The molecule has 1 aliphatic heterocycles. The molecule has 0 saturated carbocycles. The molecule has 5 nitrogen and oxygen atoms in total. The molecule has 0 bridgehead atoms. The normalized spacial score (nSPS) is 13.7. The highest BCUT2D eigenvalue weighted by Gasteiger charge is 2.40. The molecule has 32 heavy (non-hydrogen) atoms. The third kappa shape index (κ3) is 4.12. The third-order valence-corrected chi connectivity index (χ3v) is 5.66. The van der Waals surface area contributed by atoms with Gasteiger partial charge in [0.05, 0.1) is 17.9 Å². The van der Waals surface area contributed by atoms with Crippen LogP contribution in [0.3, 0.4) is 0 Å². The van der Waals surface area contributed by atoms with Crippen LogP contribution in [0, 0.1) is 13.8 Å². The number of nitrogens with one attached hydrogen (secondary N) is 1. The highest BCUT2D eigenvalue weighted by atomic mass is 35.5. The maximum Gasteiger partial charge on any atom is 0.282 e. The SMILES string of the molecule is CCOc1cccc(NC2=C(c3ccc(C)cc3)C(=O)N(c3ccc(C)c(Cl)c3)C2=O)c1. The molecule has 0 aliphatic carbocycles. The number of ether oxygens (including phenoxy) is 1. The minimum atomic E-state index is -0.438. The summed E-state index contributed by atoms with van der Waals surface area (Å²) in [5, 5.41) is 3.65. The summed E-state index contributed by atoms with van der Waals surface area (Å²) in [6.07, 6.45) is 0. The van der Waals surface area contributed by atoms with Crippen LogP contribution in [0.4, 0.5) is 11.4 Å². The number of rotatable bonds is 6. The number of hydrogen-bond acceptors (Lipinski definition) is 4. The Morgan fingerprint density at radius 2 is 1.69 bits per heavy atom. The average molecular weight is 447 g/mol. The van der Waals surface area contributed by atoms with Gasteiger partial charge in [0.2, 0.25) is 0 Å². The molecule has 0 atom stereocenters. The molecule has 0 radical (unpaired) electrons. The molecule has 4 rings (SSSR count). The summed E-state index contributed by atoms with van der Waals surface area (Å²) in [5.74, 6) is -0.163. The minimum Gasteiger partial charge on any atom is -0.494 e. The zero-order valence-corrected chi connectivity index (χ0v) is 18.9. The Balaban J connectivity index is 1.80. The Labute approximate surface area is 192 Å². The second-order valence-electron chi connectivity index (χ2n) is 7.58. The first-order valence-electron chi connectivity index (χ1n) is 10.3. The number of imide groups is 1. The van der Waals surface area contributed by atoms with E-state index in [1.54, 1.807) is 24.3 Å². The predicted octanol–water partition coefficient (Wildman–Crippen LogP) is 5.75. The predicted molar refractivity (Wildman–Crippen MR) is 128 cm³/mol. The smallest absolute Gasteiger partial charge is 0.282 e. The van der Waals surface area contributed by atoms with E-state index < -0.39 is 11.8 Å². The van der Waals surface area contributed by atoms with Crippen molar-refractivity contribution in [2.24, 2.45) is 0 Å². The summed E-state index contributed by atoms with van der Waals surface area (Å²) in [6, 6.07) is 20.0. The lowest BCUT2D eigenvalue weighted by Crippen LogP contribution is -2.32. The molecule has 0 unspecified atom stereocenters. The quantitative estimate of drug-likeness (QED) is 0.489. The van der Waals surface area contributed by atoms with Gasteiger partial charge in [-0.1, -0.05) is 53.6 Å². The Bertz CT molecular complexity index is 1230. The Kier molecular flexibility index (Phi) is 6.01. The van der Waals surface area contributed by atoms with E-state index in [4.69, 9.17) is 16.3 Å². The fraction of sp³-hybridized carbons (Fsp3) is 0.154. The van der Waals surface area contributed by atoms with Crippen LogP contribution in [0.15, 0.2) is 72.4 Å². The number of carbonyl (C=O) groups excluding carboxylic acids is 2. The molecule has 0 aromatic heterocycles. The number of carbonyl (C=O) groups is 2. The summed E-state index contributed by atoms with van der Waals surface area (Å²) in [5.41, 5.74) is 4.20. The second kappa shape index (κ2) is 8.89. The molecular weight excluding hydrogens is 424 g/mol. The standard InChI is InChI=1S/C26H23ClN2O3/c1-4-32-21-7-5-6-19(14-21)28-24-23(18-11-8-16(2)9-12-18)25(30)29(26(24)31)20-13-10-17(3)22(27)15-20/h5-15,28H,4H2,1-3H3. The monoisotopic (exact) mass is 446 g/mol. The lowest BCUT2D eigenvalue weighted by molar-refractivity contribution is -0.120. The van der Waals surface area contributed by atoms with Gasteiger partial charge >= 0.3 is 0 Å². The molecule has 3 aromatic rings. The molecule has 1 heterocycles. The maximum atomic E-state index is 13.5. The molecule has 1 N–H and O–H groups in total. The lowest BCUT2D eigenvalue weighted by Gasteiger charge is -2.16.